The molecule has 3 saturated heterocycles. The predicted molar refractivity (Wildman–Crippen MR) is 427 cm³/mol. The lowest BCUT2D eigenvalue weighted by Crippen LogP contribution is -2.48. The van der Waals surface area contributed by atoms with Gasteiger partial charge in [-0.25, -0.2) is 0 Å². The van der Waals surface area contributed by atoms with E-state index >= 15 is 0 Å². The van der Waals surface area contributed by atoms with Gasteiger partial charge in [0, 0.05) is 107 Å². The number of nitrogens with two attached hydrogens (primary N) is 1. The van der Waals surface area contributed by atoms with Crippen molar-refractivity contribution in [1.29, 1.82) is 0 Å². The zero-order valence-corrected chi connectivity index (χ0v) is 60.6. The van der Waals surface area contributed by atoms with Crippen LogP contribution >= 0.6 is 0 Å². The average molecular weight is 1370 g/mol. The summed E-state index contributed by atoms with van der Waals surface area (Å²) in [6, 6.07) is 83.5. The van der Waals surface area contributed by atoms with Crippen molar-refractivity contribution >= 4 is 50.5 Å². The molecule has 11 heteroatoms. The van der Waals surface area contributed by atoms with Crippen LogP contribution in [0.15, 0.2) is 237 Å². The van der Waals surface area contributed by atoms with Crippen LogP contribution in [0.1, 0.15) is 153 Å². The van der Waals surface area contributed by atoms with Crippen LogP contribution in [0.2, 0.25) is 0 Å². The van der Waals surface area contributed by atoms with Crippen LogP contribution in [0, 0.1) is 0 Å². The van der Waals surface area contributed by atoms with Gasteiger partial charge in [-0.1, -0.05) is 176 Å². The molecule has 4 aliphatic rings. The fourth-order valence-corrected chi connectivity index (χ4v) is 15.1. The number of phenols is 2. The molecule has 0 atom stereocenters. The highest BCUT2D eigenvalue weighted by atomic mass is 16.3. The molecule has 3 heterocycles. The Bertz CT molecular complexity index is 3940. The summed E-state index contributed by atoms with van der Waals surface area (Å²) >= 11 is 0. The van der Waals surface area contributed by atoms with Gasteiger partial charge in [-0.05, 0) is 261 Å². The molecule has 0 amide bonds. The standard InChI is InChI=1S/C31H38N2O.C30H34N2O2.C30H36N2O2/c1-23(2)33-20-18-25(19-21-33)24-10-12-27(13-11-24)31(28-14-16-29(32)17-15-28)30(9-6-22-34)26-7-4-3-5-8-26;33-21-5-10-29(23-6-2-1-3-7-23)30(25-8-4-9-28(34)22-25)24-11-13-26(14-12-24)31-17-19-32(20-18-31)27-15-16-27;1-23(2)31-17-19-32(20-18-31)27-15-13-25(14-16-27)30(26-10-6-11-28(34)22-26)29(12-7-21-33)24-8-4-3-5-9-24/h3-5,7-8,10-17,23,25,34H,6,9,18-22,32H2,1-2H3;1-4,6-9,11-14,22,27,33-34H,5,10,15-21H2;3-6,8-11,13-16,22-23,33-34H,7,12,17-21H2,1-2H3/b31-30+;2*30-29+. The first-order valence-corrected chi connectivity index (χ1v) is 37.5. The summed E-state index contributed by atoms with van der Waals surface area (Å²) in [5, 5.41) is 49.3. The third kappa shape index (κ3) is 20.0. The third-order valence-electron chi connectivity index (χ3n) is 20.9. The zero-order valence-electron chi connectivity index (χ0n) is 60.6. The van der Waals surface area contributed by atoms with Crippen molar-refractivity contribution in [3.05, 3.63) is 292 Å². The Labute approximate surface area is 607 Å². The van der Waals surface area contributed by atoms with Crippen molar-refractivity contribution in [1.82, 2.24) is 14.7 Å². The number of rotatable bonds is 24. The van der Waals surface area contributed by atoms with E-state index in [1.54, 1.807) is 12.1 Å². The van der Waals surface area contributed by atoms with Crippen LogP contribution < -0.4 is 15.5 Å². The van der Waals surface area contributed by atoms with Crippen LogP contribution in [0.4, 0.5) is 17.1 Å². The van der Waals surface area contributed by atoms with E-state index in [1.165, 1.54) is 89.1 Å². The van der Waals surface area contributed by atoms with Crippen LogP contribution in [0.25, 0.3) is 33.4 Å². The molecule has 9 aromatic carbocycles. The second-order valence-corrected chi connectivity index (χ2v) is 28.4. The number of likely N-dealkylation sites (tertiary alicyclic amines) is 1. The molecule has 11 nitrogen and oxygen atoms in total. The van der Waals surface area contributed by atoms with Gasteiger partial charge in [-0.15, -0.1) is 0 Å². The minimum atomic E-state index is 0.144. The SMILES string of the molecule is CC(C)N1CCC(c2ccc(/C(=C(/CCCO)c3ccccc3)c3ccc(N)cc3)cc2)CC1.CC(C)N1CCN(c2ccc(/C(=C(/CCCO)c3ccccc3)c3cccc(O)c3)cc2)CC1.OCCC/C(=C(/c1ccc(N2CCN(C3CC3)CC2)cc1)c1cccc(O)c1)c1ccccc1. The van der Waals surface area contributed by atoms with Gasteiger partial charge in [0.25, 0.3) is 0 Å². The number of anilines is 3. The van der Waals surface area contributed by atoms with E-state index in [-0.39, 0.29) is 31.3 Å². The quantitative estimate of drug-likeness (QED) is 0.0254. The van der Waals surface area contributed by atoms with Gasteiger partial charge in [0.15, 0.2) is 0 Å². The minimum absolute atomic E-state index is 0.144. The zero-order chi connectivity index (χ0) is 71.2. The van der Waals surface area contributed by atoms with E-state index in [0.717, 1.165) is 140 Å². The van der Waals surface area contributed by atoms with Crippen molar-refractivity contribution in [3.63, 3.8) is 0 Å². The Kier molecular flexibility index (Phi) is 27.1. The van der Waals surface area contributed by atoms with Gasteiger partial charge in [0.2, 0.25) is 0 Å². The molecule has 7 N–H and O–H groups in total. The van der Waals surface area contributed by atoms with Gasteiger partial charge in [-0.3, -0.25) is 9.80 Å². The summed E-state index contributed by atoms with van der Waals surface area (Å²) in [5.41, 5.74) is 27.9. The van der Waals surface area contributed by atoms with Crippen LogP contribution in [-0.2, 0) is 0 Å². The molecule has 3 aliphatic heterocycles. The number of nitrogens with zero attached hydrogens (tertiary/aromatic N) is 5. The Morgan fingerprint density at radius 3 is 1.04 bits per heavy atom. The summed E-state index contributed by atoms with van der Waals surface area (Å²) in [6.07, 6.45) is 9.64. The monoisotopic (exact) mass is 1360 g/mol. The van der Waals surface area contributed by atoms with E-state index in [2.05, 4.69) is 216 Å². The Morgan fingerprint density at radius 2 is 0.686 bits per heavy atom. The molecular formula is C91H108N6O5. The third-order valence-corrected chi connectivity index (χ3v) is 20.9. The van der Waals surface area contributed by atoms with Crippen LogP contribution in [0.5, 0.6) is 11.5 Å². The molecular weight excluding hydrogens is 1260 g/mol. The second kappa shape index (κ2) is 37.2. The molecule has 0 spiro atoms. The normalized spacial score (nSPS) is 16.3. The van der Waals surface area contributed by atoms with Gasteiger partial charge < -0.3 is 46.0 Å². The molecule has 0 bridgehead atoms. The Hall–Kier alpha value is -9.04. The molecule has 1 saturated carbocycles. The molecule has 0 unspecified atom stereocenters. The van der Waals surface area contributed by atoms with E-state index in [9.17, 15) is 25.5 Å². The average Bonchev–Trinajstić information content (AvgIpc) is 0.838. The highest BCUT2D eigenvalue weighted by Gasteiger charge is 2.32. The number of hydrogen-bond donors (Lipinski definition) is 6. The van der Waals surface area contributed by atoms with Crippen LogP contribution in [-0.4, -0.2) is 144 Å². The number of piperidine rings is 1. The Balaban J connectivity index is 0.000000154. The summed E-state index contributed by atoms with van der Waals surface area (Å²) in [6.45, 7) is 20.7. The number of aliphatic hydroxyl groups is 3. The highest BCUT2D eigenvalue weighted by molar-refractivity contribution is 6.01. The number of allylic oxidation sites excluding steroid dienone is 3. The van der Waals surface area contributed by atoms with E-state index in [4.69, 9.17) is 5.73 Å². The largest absolute Gasteiger partial charge is 0.508 e. The maximum Gasteiger partial charge on any atom is 0.116 e. The number of piperazine rings is 2. The molecule has 102 heavy (non-hydrogen) atoms. The molecule has 1 aliphatic carbocycles. The first-order chi connectivity index (χ1) is 49.9. The molecule has 13 rings (SSSR count). The fourth-order valence-electron chi connectivity index (χ4n) is 15.1. The smallest absolute Gasteiger partial charge is 0.116 e. The number of hydrogen-bond acceptors (Lipinski definition) is 11. The number of nitrogen functional groups attached to an aromatic ring is 1. The lowest BCUT2D eigenvalue weighted by molar-refractivity contribution is 0.172. The minimum Gasteiger partial charge on any atom is -0.508 e. The van der Waals surface area contributed by atoms with Crippen molar-refractivity contribution in [2.75, 3.05) is 101 Å². The lowest BCUT2D eigenvalue weighted by Gasteiger charge is -2.38. The Morgan fingerprint density at radius 1 is 0.353 bits per heavy atom. The fraction of sp³-hybridized carbons (Fsp3) is 0.341. The highest BCUT2D eigenvalue weighted by Crippen LogP contribution is 2.41. The number of aliphatic hydroxyl groups excluding tert-OH is 3. The molecule has 0 aromatic heterocycles. The summed E-state index contributed by atoms with van der Waals surface area (Å²) in [4.78, 5) is 12.7. The lowest BCUT2D eigenvalue weighted by atomic mass is 9.85. The maximum absolute atomic E-state index is 10.2. The summed E-state index contributed by atoms with van der Waals surface area (Å²) in [5.74, 6) is 1.15. The van der Waals surface area contributed by atoms with Crippen molar-refractivity contribution in [2.24, 2.45) is 0 Å². The van der Waals surface area contributed by atoms with Crippen molar-refractivity contribution in [3.8, 4) is 11.5 Å². The van der Waals surface area contributed by atoms with Gasteiger partial charge in [0.1, 0.15) is 11.5 Å². The van der Waals surface area contributed by atoms with Gasteiger partial charge in [-0.2, -0.15) is 0 Å². The number of benzene rings is 9. The predicted octanol–water partition coefficient (Wildman–Crippen LogP) is 17.7. The maximum atomic E-state index is 10.2. The number of phenolic OH excluding ortho intramolecular Hbond substituents is 2. The van der Waals surface area contributed by atoms with Crippen LogP contribution in [0.3, 0.4) is 0 Å². The molecule has 0 radical (unpaired) electrons. The van der Waals surface area contributed by atoms with E-state index < -0.39 is 0 Å². The van der Waals surface area contributed by atoms with Gasteiger partial charge >= 0.3 is 0 Å². The number of aromatic hydroxyl groups is 2. The first kappa shape index (κ1) is 74.2. The van der Waals surface area contributed by atoms with Crippen molar-refractivity contribution in [2.45, 2.75) is 116 Å². The van der Waals surface area contributed by atoms with Gasteiger partial charge in [0.05, 0.1) is 0 Å². The molecule has 4 fully saturated rings. The van der Waals surface area contributed by atoms with Crippen molar-refractivity contribution < 1.29 is 25.5 Å². The van der Waals surface area contributed by atoms with E-state index in [0.29, 0.717) is 30.8 Å². The molecule has 9 aromatic rings. The topological polar surface area (TPSA) is 143 Å². The second-order valence-electron chi connectivity index (χ2n) is 28.4. The first-order valence-electron chi connectivity index (χ1n) is 37.5. The summed E-state index contributed by atoms with van der Waals surface area (Å²) < 4.78 is 0. The molecule has 532 valence electrons. The van der Waals surface area contributed by atoms with E-state index in [1.807, 2.05) is 60.7 Å². The summed E-state index contributed by atoms with van der Waals surface area (Å²) in [7, 11) is 0.